The van der Waals surface area contributed by atoms with E-state index in [9.17, 15) is 4.79 Å². The largest absolute Gasteiger partial charge is 0.336 e. The van der Waals surface area contributed by atoms with Gasteiger partial charge in [-0.15, -0.1) is 5.10 Å². The fourth-order valence-electron chi connectivity index (χ4n) is 4.44. The van der Waals surface area contributed by atoms with E-state index >= 15 is 0 Å². The van der Waals surface area contributed by atoms with Gasteiger partial charge in [0, 0.05) is 56.9 Å². The molecule has 8 nitrogen and oxygen atoms in total. The predicted molar refractivity (Wildman–Crippen MR) is 110 cm³/mol. The first kappa shape index (κ1) is 18.2. The summed E-state index contributed by atoms with van der Waals surface area (Å²) in [5.41, 5.74) is 2.87. The maximum absolute atomic E-state index is 13.2. The molecule has 0 radical (unpaired) electrons. The van der Waals surface area contributed by atoms with Crippen LogP contribution in [0.3, 0.4) is 0 Å². The van der Waals surface area contributed by atoms with Crippen LogP contribution >= 0.6 is 0 Å². The molecule has 2 aliphatic heterocycles. The van der Waals surface area contributed by atoms with Gasteiger partial charge in [0.25, 0.3) is 5.91 Å². The third-order valence-corrected chi connectivity index (χ3v) is 6.06. The van der Waals surface area contributed by atoms with E-state index in [2.05, 4.69) is 25.5 Å². The van der Waals surface area contributed by atoms with Crippen molar-refractivity contribution in [2.75, 3.05) is 39.3 Å². The van der Waals surface area contributed by atoms with Gasteiger partial charge in [0.15, 0.2) is 5.69 Å². The first-order valence-corrected chi connectivity index (χ1v) is 10.2. The summed E-state index contributed by atoms with van der Waals surface area (Å²) in [4.78, 5) is 22.1. The van der Waals surface area contributed by atoms with Gasteiger partial charge in [-0.3, -0.25) is 14.7 Å². The topological polar surface area (TPSA) is 79.2 Å². The summed E-state index contributed by atoms with van der Waals surface area (Å²) in [5.74, 6) is -0.0282. The fraction of sp³-hybridized carbons (Fsp3) is 0.429. The van der Waals surface area contributed by atoms with Gasteiger partial charge >= 0.3 is 0 Å². The number of pyridine rings is 1. The molecule has 1 atom stereocenters. The SMILES string of the molecule is Cc1c(C(=O)N2CCC(N3CCNCC3)C2)nnn1-c1cccc2cccnc12. The molecular formula is C21H25N7O. The van der Waals surface area contributed by atoms with Crippen LogP contribution in [0.4, 0.5) is 0 Å². The Morgan fingerprint density at radius 3 is 2.83 bits per heavy atom. The standard InChI is InChI=1S/C21H25N7O/c1-15-19(21(29)27-11-7-17(14-27)26-12-9-22-10-13-26)24-25-28(15)18-6-2-4-16-5-3-8-23-20(16)18/h2-6,8,17,22H,7,9-14H2,1H3. The van der Waals surface area contributed by atoms with E-state index in [0.29, 0.717) is 11.7 Å². The lowest BCUT2D eigenvalue weighted by Crippen LogP contribution is -2.49. The highest BCUT2D eigenvalue weighted by atomic mass is 16.2. The lowest BCUT2D eigenvalue weighted by Gasteiger charge is -2.32. The van der Waals surface area contributed by atoms with Crippen LogP contribution in [0.2, 0.25) is 0 Å². The van der Waals surface area contributed by atoms with Crippen LogP contribution in [0.15, 0.2) is 36.5 Å². The number of carbonyl (C=O) groups is 1. The van der Waals surface area contributed by atoms with Crippen LogP contribution < -0.4 is 5.32 Å². The number of rotatable bonds is 3. The highest BCUT2D eigenvalue weighted by molar-refractivity contribution is 5.94. The summed E-state index contributed by atoms with van der Waals surface area (Å²) in [5, 5.41) is 13.0. The molecule has 29 heavy (non-hydrogen) atoms. The lowest BCUT2D eigenvalue weighted by atomic mass is 10.2. The number of nitrogens with one attached hydrogen (secondary N) is 1. The molecule has 0 spiro atoms. The molecule has 5 rings (SSSR count). The number of benzene rings is 1. The molecule has 150 valence electrons. The van der Waals surface area contributed by atoms with Gasteiger partial charge in [-0.25, -0.2) is 4.68 Å². The zero-order chi connectivity index (χ0) is 19.8. The van der Waals surface area contributed by atoms with Gasteiger partial charge in [-0.2, -0.15) is 0 Å². The molecule has 1 unspecified atom stereocenters. The zero-order valence-electron chi connectivity index (χ0n) is 16.6. The summed E-state index contributed by atoms with van der Waals surface area (Å²) in [7, 11) is 0. The summed E-state index contributed by atoms with van der Waals surface area (Å²) in [6.07, 6.45) is 2.79. The van der Waals surface area contributed by atoms with E-state index in [1.165, 1.54) is 0 Å². The molecule has 3 aromatic rings. The minimum absolute atomic E-state index is 0.0282. The van der Waals surface area contributed by atoms with Gasteiger partial charge < -0.3 is 10.2 Å². The molecule has 1 amide bonds. The third kappa shape index (κ3) is 3.28. The van der Waals surface area contributed by atoms with Crippen molar-refractivity contribution in [2.45, 2.75) is 19.4 Å². The Hall–Kier alpha value is -2.84. The number of hydrogen-bond donors (Lipinski definition) is 1. The number of para-hydroxylation sites is 1. The van der Waals surface area contributed by atoms with E-state index in [0.717, 1.165) is 68.0 Å². The smallest absolute Gasteiger partial charge is 0.276 e. The Bertz CT molecular complexity index is 1040. The van der Waals surface area contributed by atoms with Gasteiger partial charge in [-0.05, 0) is 25.5 Å². The molecule has 1 N–H and O–H groups in total. The number of piperazine rings is 1. The molecule has 4 heterocycles. The number of nitrogens with zero attached hydrogens (tertiary/aromatic N) is 6. The maximum atomic E-state index is 13.2. The molecule has 0 aliphatic carbocycles. The molecule has 0 saturated carbocycles. The lowest BCUT2D eigenvalue weighted by molar-refractivity contribution is 0.0767. The van der Waals surface area contributed by atoms with Crippen molar-refractivity contribution in [3.63, 3.8) is 0 Å². The number of fused-ring (bicyclic) bond motifs is 1. The van der Waals surface area contributed by atoms with E-state index < -0.39 is 0 Å². The fourth-order valence-corrected chi connectivity index (χ4v) is 4.44. The Balaban J connectivity index is 1.39. The van der Waals surface area contributed by atoms with Gasteiger partial charge in [0.05, 0.1) is 16.9 Å². The highest BCUT2D eigenvalue weighted by Gasteiger charge is 2.33. The molecule has 2 fully saturated rings. The van der Waals surface area contributed by atoms with Crippen LogP contribution in [0, 0.1) is 6.92 Å². The second kappa shape index (κ2) is 7.53. The summed E-state index contributed by atoms with van der Waals surface area (Å²) >= 11 is 0. The summed E-state index contributed by atoms with van der Waals surface area (Å²) < 4.78 is 1.73. The van der Waals surface area contributed by atoms with E-state index in [1.807, 2.05) is 42.2 Å². The Kier molecular flexibility index (Phi) is 4.73. The first-order chi connectivity index (χ1) is 14.2. The molecule has 8 heteroatoms. The average molecular weight is 391 g/mol. The van der Waals surface area contributed by atoms with Gasteiger partial charge in [0.1, 0.15) is 0 Å². The predicted octanol–water partition coefficient (Wildman–Crippen LogP) is 1.24. The van der Waals surface area contributed by atoms with Crippen LogP contribution in [0.25, 0.3) is 16.6 Å². The molecular weight excluding hydrogens is 366 g/mol. The Morgan fingerprint density at radius 2 is 1.97 bits per heavy atom. The van der Waals surface area contributed by atoms with E-state index in [-0.39, 0.29) is 5.91 Å². The highest BCUT2D eigenvalue weighted by Crippen LogP contribution is 2.23. The third-order valence-electron chi connectivity index (χ3n) is 6.06. The van der Waals surface area contributed by atoms with Gasteiger partial charge in [0.2, 0.25) is 0 Å². The molecule has 2 saturated heterocycles. The second-order valence-corrected chi connectivity index (χ2v) is 7.77. The summed E-state index contributed by atoms with van der Waals surface area (Å²) in [6, 6.07) is 10.3. The molecule has 1 aromatic carbocycles. The van der Waals surface area contributed by atoms with Crippen molar-refractivity contribution >= 4 is 16.8 Å². The molecule has 2 aromatic heterocycles. The van der Waals surface area contributed by atoms with Crippen LogP contribution in [-0.4, -0.2) is 81.0 Å². The normalized spacial score (nSPS) is 20.4. The van der Waals surface area contributed by atoms with Crippen molar-refractivity contribution in [2.24, 2.45) is 0 Å². The summed E-state index contributed by atoms with van der Waals surface area (Å²) in [6.45, 7) is 7.59. The van der Waals surface area contributed by atoms with Crippen molar-refractivity contribution < 1.29 is 4.79 Å². The van der Waals surface area contributed by atoms with Crippen LogP contribution in [0.5, 0.6) is 0 Å². The van der Waals surface area contributed by atoms with E-state index in [4.69, 9.17) is 0 Å². The maximum Gasteiger partial charge on any atom is 0.276 e. The van der Waals surface area contributed by atoms with Crippen molar-refractivity contribution in [3.05, 3.63) is 47.9 Å². The minimum atomic E-state index is -0.0282. The monoisotopic (exact) mass is 391 g/mol. The number of carbonyl (C=O) groups excluding carboxylic acids is 1. The number of aromatic nitrogens is 4. The molecule has 0 bridgehead atoms. The van der Waals surface area contributed by atoms with Crippen molar-refractivity contribution in [1.82, 2.24) is 35.1 Å². The number of likely N-dealkylation sites (tertiary alicyclic amines) is 1. The first-order valence-electron chi connectivity index (χ1n) is 10.2. The van der Waals surface area contributed by atoms with Crippen LogP contribution in [0.1, 0.15) is 22.6 Å². The second-order valence-electron chi connectivity index (χ2n) is 7.77. The Morgan fingerprint density at radius 1 is 1.14 bits per heavy atom. The van der Waals surface area contributed by atoms with Crippen molar-refractivity contribution in [3.8, 4) is 5.69 Å². The average Bonchev–Trinajstić information content (AvgIpc) is 3.41. The quantitative estimate of drug-likeness (QED) is 0.724. The minimum Gasteiger partial charge on any atom is -0.336 e. The molecule has 2 aliphatic rings. The van der Waals surface area contributed by atoms with E-state index in [1.54, 1.807) is 10.9 Å². The van der Waals surface area contributed by atoms with Crippen LogP contribution in [-0.2, 0) is 0 Å². The zero-order valence-corrected chi connectivity index (χ0v) is 16.6. The Labute approximate surface area is 169 Å². The number of hydrogen-bond acceptors (Lipinski definition) is 6. The van der Waals surface area contributed by atoms with Gasteiger partial charge in [-0.1, -0.05) is 23.4 Å². The van der Waals surface area contributed by atoms with Crippen molar-refractivity contribution in [1.29, 1.82) is 0 Å². The number of amides is 1.